The minimum Gasteiger partial charge on any atom is -0.381 e. The molecular weight excluding hydrogens is 272 g/mol. The van der Waals surface area contributed by atoms with E-state index in [-0.39, 0.29) is 0 Å². The number of benzene rings is 1. The summed E-state index contributed by atoms with van der Waals surface area (Å²) in [6.45, 7) is 9.24. The largest absolute Gasteiger partial charge is 0.381 e. The number of aliphatic hydroxyl groups is 2. The third-order valence-corrected chi connectivity index (χ3v) is 5.18. The van der Waals surface area contributed by atoms with E-state index in [0.29, 0.717) is 5.02 Å². The van der Waals surface area contributed by atoms with Gasteiger partial charge in [0.15, 0.2) is 0 Å². The molecule has 0 atom stereocenters. The number of rotatable bonds is 1. The molecule has 0 saturated carbocycles. The summed E-state index contributed by atoms with van der Waals surface area (Å²) >= 11 is 5.93. The molecule has 1 aromatic carbocycles. The monoisotopic (exact) mass is 292 g/mol. The SMILES string of the molecule is CC1=C(C)C(O)(c2ccc(Cl)cc2)C(C)=C(C)C1(C)O. The van der Waals surface area contributed by atoms with Gasteiger partial charge in [0.05, 0.1) is 0 Å². The van der Waals surface area contributed by atoms with E-state index < -0.39 is 11.2 Å². The average molecular weight is 293 g/mol. The van der Waals surface area contributed by atoms with Crippen LogP contribution in [-0.2, 0) is 5.60 Å². The van der Waals surface area contributed by atoms with Crippen LogP contribution in [0.1, 0.15) is 40.2 Å². The van der Waals surface area contributed by atoms with E-state index in [0.717, 1.165) is 27.9 Å². The lowest BCUT2D eigenvalue weighted by Gasteiger charge is -2.43. The third-order valence-electron chi connectivity index (χ3n) is 4.93. The van der Waals surface area contributed by atoms with E-state index in [9.17, 15) is 10.2 Å². The molecule has 0 spiro atoms. The maximum Gasteiger partial charge on any atom is 0.132 e. The Morgan fingerprint density at radius 2 is 1.20 bits per heavy atom. The molecule has 0 fully saturated rings. The highest BCUT2D eigenvalue weighted by Crippen LogP contribution is 2.48. The molecule has 0 radical (unpaired) electrons. The first-order valence-corrected chi connectivity index (χ1v) is 7.09. The molecule has 2 rings (SSSR count). The molecule has 3 heteroatoms. The van der Waals surface area contributed by atoms with Gasteiger partial charge in [-0.05, 0) is 74.6 Å². The highest BCUT2D eigenvalue weighted by Gasteiger charge is 2.45. The van der Waals surface area contributed by atoms with E-state index in [1.807, 2.05) is 39.8 Å². The van der Waals surface area contributed by atoms with Gasteiger partial charge in [0.1, 0.15) is 11.2 Å². The Bertz CT molecular complexity index is 578. The standard InChI is InChI=1S/C17H21ClO2/c1-10-12(3)17(20,13(4)11(2)16(10,5)19)14-6-8-15(18)9-7-14/h6-9,19-20H,1-5H3. The van der Waals surface area contributed by atoms with Crippen molar-refractivity contribution in [2.75, 3.05) is 0 Å². The van der Waals surface area contributed by atoms with E-state index in [2.05, 4.69) is 0 Å². The number of hydrogen-bond acceptors (Lipinski definition) is 2. The van der Waals surface area contributed by atoms with Gasteiger partial charge in [-0.3, -0.25) is 0 Å². The van der Waals surface area contributed by atoms with Crippen LogP contribution in [0.2, 0.25) is 5.02 Å². The molecule has 0 amide bonds. The van der Waals surface area contributed by atoms with E-state index in [1.54, 1.807) is 19.1 Å². The van der Waals surface area contributed by atoms with Crippen LogP contribution in [0.3, 0.4) is 0 Å². The van der Waals surface area contributed by atoms with Crippen LogP contribution in [0.4, 0.5) is 0 Å². The predicted molar refractivity (Wildman–Crippen MR) is 82.7 cm³/mol. The molecule has 0 bridgehead atoms. The molecule has 0 saturated heterocycles. The smallest absolute Gasteiger partial charge is 0.132 e. The summed E-state index contributed by atoms with van der Waals surface area (Å²) in [4.78, 5) is 0. The third kappa shape index (κ3) is 1.95. The van der Waals surface area contributed by atoms with E-state index >= 15 is 0 Å². The van der Waals surface area contributed by atoms with Crippen molar-refractivity contribution in [1.29, 1.82) is 0 Å². The van der Waals surface area contributed by atoms with Crippen molar-refractivity contribution in [3.8, 4) is 0 Å². The molecule has 1 aliphatic rings. The summed E-state index contributed by atoms with van der Waals surface area (Å²) in [5, 5.41) is 22.5. The Morgan fingerprint density at radius 1 is 0.800 bits per heavy atom. The summed E-state index contributed by atoms with van der Waals surface area (Å²) in [7, 11) is 0. The van der Waals surface area contributed by atoms with Gasteiger partial charge in [0, 0.05) is 5.02 Å². The molecule has 1 aromatic rings. The normalized spacial score (nSPS) is 31.0. The van der Waals surface area contributed by atoms with Crippen molar-refractivity contribution in [2.45, 2.75) is 45.8 Å². The van der Waals surface area contributed by atoms with Gasteiger partial charge in [0.2, 0.25) is 0 Å². The van der Waals surface area contributed by atoms with Gasteiger partial charge in [-0.1, -0.05) is 23.7 Å². The van der Waals surface area contributed by atoms with Crippen LogP contribution < -0.4 is 0 Å². The lowest BCUT2D eigenvalue weighted by molar-refractivity contribution is 0.0767. The Hall–Kier alpha value is -1.09. The van der Waals surface area contributed by atoms with Crippen LogP contribution in [0.25, 0.3) is 0 Å². The van der Waals surface area contributed by atoms with Crippen LogP contribution in [0, 0.1) is 0 Å². The molecule has 1 aliphatic carbocycles. The molecular formula is C17H21ClO2. The molecule has 2 N–H and O–H groups in total. The van der Waals surface area contributed by atoms with Crippen molar-refractivity contribution in [3.63, 3.8) is 0 Å². The van der Waals surface area contributed by atoms with Gasteiger partial charge in [-0.15, -0.1) is 0 Å². The maximum absolute atomic E-state index is 11.3. The second-order valence-corrected chi connectivity index (χ2v) is 6.23. The lowest BCUT2D eigenvalue weighted by Crippen LogP contribution is -2.42. The highest BCUT2D eigenvalue weighted by atomic mass is 35.5. The van der Waals surface area contributed by atoms with Crippen molar-refractivity contribution >= 4 is 11.6 Å². The Morgan fingerprint density at radius 3 is 1.60 bits per heavy atom. The molecule has 20 heavy (non-hydrogen) atoms. The fourth-order valence-corrected chi connectivity index (χ4v) is 3.09. The predicted octanol–water partition coefficient (Wildman–Crippen LogP) is 3.97. The van der Waals surface area contributed by atoms with Gasteiger partial charge < -0.3 is 10.2 Å². The molecule has 2 nitrogen and oxygen atoms in total. The zero-order valence-corrected chi connectivity index (χ0v) is 13.3. The topological polar surface area (TPSA) is 40.5 Å². The first-order valence-electron chi connectivity index (χ1n) is 6.71. The Balaban J connectivity index is 2.72. The minimum atomic E-state index is -1.18. The number of halogens is 1. The number of hydrogen-bond donors (Lipinski definition) is 2. The summed E-state index contributed by atoms with van der Waals surface area (Å²) < 4.78 is 0. The Labute approximate surface area is 125 Å². The second-order valence-electron chi connectivity index (χ2n) is 5.79. The van der Waals surface area contributed by atoms with Crippen molar-refractivity contribution in [3.05, 3.63) is 57.1 Å². The Kier molecular flexibility index (Phi) is 3.62. The lowest BCUT2D eigenvalue weighted by atomic mass is 9.67. The van der Waals surface area contributed by atoms with Gasteiger partial charge in [-0.25, -0.2) is 0 Å². The van der Waals surface area contributed by atoms with Crippen molar-refractivity contribution < 1.29 is 10.2 Å². The van der Waals surface area contributed by atoms with Crippen molar-refractivity contribution in [1.82, 2.24) is 0 Å². The zero-order chi connectivity index (χ0) is 15.3. The molecule has 0 unspecified atom stereocenters. The van der Waals surface area contributed by atoms with E-state index in [1.165, 1.54) is 0 Å². The van der Waals surface area contributed by atoms with E-state index in [4.69, 9.17) is 11.6 Å². The summed E-state index contributed by atoms with van der Waals surface area (Å²) in [5.74, 6) is 0. The molecule has 0 aromatic heterocycles. The van der Waals surface area contributed by atoms with Crippen molar-refractivity contribution in [2.24, 2.45) is 0 Å². The maximum atomic E-state index is 11.3. The zero-order valence-electron chi connectivity index (χ0n) is 12.6. The second kappa shape index (κ2) is 4.73. The fraction of sp³-hybridized carbons (Fsp3) is 0.412. The van der Waals surface area contributed by atoms with Crippen LogP contribution in [-0.4, -0.2) is 15.8 Å². The highest BCUT2D eigenvalue weighted by molar-refractivity contribution is 6.30. The van der Waals surface area contributed by atoms with Crippen LogP contribution in [0.5, 0.6) is 0 Å². The van der Waals surface area contributed by atoms with Gasteiger partial charge in [0.25, 0.3) is 0 Å². The average Bonchev–Trinajstić information content (AvgIpc) is 2.42. The van der Waals surface area contributed by atoms with Gasteiger partial charge >= 0.3 is 0 Å². The van der Waals surface area contributed by atoms with Crippen LogP contribution >= 0.6 is 11.6 Å². The first kappa shape index (κ1) is 15.3. The first-order chi connectivity index (χ1) is 9.13. The van der Waals surface area contributed by atoms with Gasteiger partial charge in [-0.2, -0.15) is 0 Å². The fourth-order valence-electron chi connectivity index (χ4n) is 2.96. The van der Waals surface area contributed by atoms with Crippen LogP contribution in [0.15, 0.2) is 46.6 Å². The quantitative estimate of drug-likeness (QED) is 0.769. The summed E-state index contributed by atoms with van der Waals surface area (Å²) in [6, 6.07) is 7.20. The molecule has 0 aliphatic heterocycles. The summed E-state index contributed by atoms with van der Waals surface area (Å²) in [6.07, 6.45) is 0. The molecule has 0 heterocycles. The minimum absolute atomic E-state index is 0.636. The summed E-state index contributed by atoms with van der Waals surface area (Å²) in [5.41, 5.74) is 1.71. The molecule has 108 valence electrons.